The van der Waals surface area contributed by atoms with Crippen molar-refractivity contribution in [3.63, 3.8) is 0 Å². The predicted octanol–water partition coefficient (Wildman–Crippen LogP) is 2.30. The van der Waals surface area contributed by atoms with E-state index in [1.165, 1.54) is 0 Å². The second-order valence-electron chi connectivity index (χ2n) is 4.47. The van der Waals surface area contributed by atoms with Crippen LogP contribution in [0, 0.1) is 0 Å². The third-order valence-corrected chi connectivity index (χ3v) is 3.20. The smallest absolute Gasteiger partial charge is 0.203 e. The second kappa shape index (κ2) is 6.52. The van der Waals surface area contributed by atoms with Gasteiger partial charge in [0.25, 0.3) is 0 Å². The normalized spacial score (nSPS) is 18.8. The average molecular weight is 267 g/mol. The lowest BCUT2D eigenvalue weighted by atomic mass is 10.1. The Balaban J connectivity index is 2.20. The minimum Gasteiger partial charge on any atom is -0.493 e. The van der Waals surface area contributed by atoms with Gasteiger partial charge in [0, 0.05) is 30.5 Å². The highest BCUT2D eigenvalue weighted by molar-refractivity contribution is 5.62. The van der Waals surface area contributed by atoms with Gasteiger partial charge in [0.15, 0.2) is 11.5 Å². The Hall–Kier alpha value is -1.62. The van der Waals surface area contributed by atoms with Gasteiger partial charge in [0.1, 0.15) is 0 Å². The van der Waals surface area contributed by atoms with E-state index >= 15 is 0 Å². The minimum atomic E-state index is 0.330. The van der Waals surface area contributed by atoms with E-state index in [0.29, 0.717) is 23.3 Å². The molecule has 1 fully saturated rings. The molecule has 106 valence electrons. The van der Waals surface area contributed by atoms with Crippen molar-refractivity contribution in [1.29, 1.82) is 0 Å². The summed E-state index contributed by atoms with van der Waals surface area (Å²) in [5.41, 5.74) is 0.949. The van der Waals surface area contributed by atoms with Crippen LogP contribution in [0.15, 0.2) is 12.1 Å². The molecule has 1 N–H and O–H groups in total. The SMILES string of the molecule is COc1cc(NC2CCCOC2)cc(OC)c1OC. The summed E-state index contributed by atoms with van der Waals surface area (Å²) >= 11 is 0. The van der Waals surface area contributed by atoms with E-state index in [0.717, 1.165) is 31.7 Å². The number of hydrogen-bond donors (Lipinski definition) is 1. The van der Waals surface area contributed by atoms with E-state index in [-0.39, 0.29) is 0 Å². The van der Waals surface area contributed by atoms with Gasteiger partial charge >= 0.3 is 0 Å². The zero-order valence-corrected chi connectivity index (χ0v) is 11.7. The third-order valence-electron chi connectivity index (χ3n) is 3.20. The molecule has 0 radical (unpaired) electrons. The zero-order valence-electron chi connectivity index (χ0n) is 11.7. The molecule has 0 spiro atoms. The average Bonchev–Trinajstić information content (AvgIpc) is 2.47. The molecule has 0 saturated carbocycles. The summed E-state index contributed by atoms with van der Waals surface area (Å²) in [6.07, 6.45) is 2.19. The van der Waals surface area contributed by atoms with Crippen LogP contribution in [-0.4, -0.2) is 40.6 Å². The maximum absolute atomic E-state index is 5.46. The standard InChI is InChI=1S/C14H21NO4/c1-16-12-7-11(8-13(17-2)14(12)18-3)15-10-5-4-6-19-9-10/h7-8,10,15H,4-6,9H2,1-3H3. The van der Waals surface area contributed by atoms with Gasteiger partial charge in [-0.1, -0.05) is 0 Å². The Labute approximate surface area is 113 Å². The molecule has 19 heavy (non-hydrogen) atoms. The van der Waals surface area contributed by atoms with E-state index < -0.39 is 0 Å². The van der Waals surface area contributed by atoms with Crippen molar-refractivity contribution in [2.45, 2.75) is 18.9 Å². The highest BCUT2D eigenvalue weighted by Gasteiger charge is 2.17. The lowest BCUT2D eigenvalue weighted by Crippen LogP contribution is -2.29. The molecule has 0 amide bonds. The second-order valence-corrected chi connectivity index (χ2v) is 4.47. The first kappa shape index (κ1) is 13.8. The van der Waals surface area contributed by atoms with Crippen molar-refractivity contribution in [3.05, 3.63) is 12.1 Å². The summed E-state index contributed by atoms with van der Waals surface area (Å²) in [5, 5.41) is 3.44. The first-order chi connectivity index (χ1) is 9.28. The van der Waals surface area contributed by atoms with Gasteiger partial charge in [-0.2, -0.15) is 0 Å². The molecular weight excluding hydrogens is 246 g/mol. The number of nitrogens with one attached hydrogen (secondary N) is 1. The van der Waals surface area contributed by atoms with E-state index in [1.807, 2.05) is 12.1 Å². The molecule has 1 aliphatic heterocycles. The molecule has 1 aromatic rings. The van der Waals surface area contributed by atoms with Crippen LogP contribution < -0.4 is 19.5 Å². The molecule has 0 bridgehead atoms. The highest BCUT2D eigenvalue weighted by Crippen LogP contribution is 2.40. The van der Waals surface area contributed by atoms with Crippen molar-refractivity contribution in [3.8, 4) is 17.2 Å². The topological polar surface area (TPSA) is 49.0 Å². The monoisotopic (exact) mass is 267 g/mol. The first-order valence-corrected chi connectivity index (χ1v) is 6.42. The Morgan fingerprint density at radius 2 is 1.79 bits per heavy atom. The van der Waals surface area contributed by atoms with Crippen LogP contribution in [-0.2, 0) is 4.74 Å². The zero-order chi connectivity index (χ0) is 13.7. The molecule has 1 saturated heterocycles. The number of rotatable bonds is 5. The van der Waals surface area contributed by atoms with E-state index in [2.05, 4.69) is 5.32 Å². The summed E-state index contributed by atoms with van der Waals surface area (Å²) in [6, 6.07) is 4.16. The molecule has 5 heteroatoms. The van der Waals surface area contributed by atoms with Gasteiger partial charge in [-0.15, -0.1) is 0 Å². The number of ether oxygens (including phenoxy) is 4. The number of hydrogen-bond acceptors (Lipinski definition) is 5. The summed E-state index contributed by atoms with van der Waals surface area (Å²) < 4.78 is 21.4. The van der Waals surface area contributed by atoms with Gasteiger partial charge in [0.2, 0.25) is 5.75 Å². The van der Waals surface area contributed by atoms with Gasteiger partial charge in [-0.3, -0.25) is 0 Å². The maximum atomic E-state index is 5.46. The van der Waals surface area contributed by atoms with E-state index in [4.69, 9.17) is 18.9 Å². The fraction of sp³-hybridized carbons (Fsp3) is 0.571. The van der Waals surface area contributed by atoms with Crippen molar-refractivity contribution < 1.29 is 18.9 Å². The third kappa shape index (κ3) is 3.23. The van der Waals surface area contributed by atoms with E-state index in [9.17, 15) is 0 Å². The fourth-order valence-electron chi connectivity index (χ4n) is 2.25. The Morgan fingerprint density at radius 3 is 2.26 bits per heavy atom. The molecule has 1 heterocycles. The Kier molecular flexibility index (Phi) is 4.74. The molecule has 0 aromatic heterocycles. The molecule has 1 aliphatic rings. The Morgan fingerprint density at radius 1 is 1.11 bits per heavy atom. The van der Waals surface area contributed by atoms with Crippen LogP contribution in [0.4, 0.5) is 5.69 Å². The molecule has 1 unspecified atom stereocenters. The van der Waals surface area contributed by atoms with Crippen LogP contribution in [0.5, 0.6) is 17.2 Å². The lowest BCUT2D eigenvalue weighted by molar-refractivity contribution is 0.0876. The molecule has 2 rings (SSSR count). The van der Waals surface area contributed by atoms with Crippen LogP contribution in [0.1, 0.15) is 12.8 Å². The van der Waals surface area contributed by atoms with Crippen molar-refractivity contribution in [1.82, 2.24) is 0 Å². The van der Waals surface area contributed by atoms with Gasteiger partial charge in [-0.05, 0) is 12.8 Å². The Bertz CT molecular complexity index is 391. The van der Waals surface area contributed by atoms with E-state index in [1.54, 1.807) is 21.3 Å². The molecule has 1 atom stereocenters. The number of methoxy groups -OCH3 is 3. The largest absolute Gasteiger partial charge is 0.493 e. The molecule has 0 aliphatic carbocycles. The summed E-state index contributed by atoms with van der Waals surface area (Å²) in [7, 11) is 4.83. The predicted molar refractivity (Wildman–Crippen MR) is 73.6 cm³/mol. The highest BCUT2D eigenvalue weighted by atomic mass is 16.5. The van der Waals surface area contributed by atoms with Crippen LogP contribution in [0.25, 0.3) is 0 Å². The quantitative estimate of drug-likeness (QED) is 0.887. The van der Waals surface area contributed by atoms with Gasteiger partial charge in [-0.25, -0.2) is 0 Å². The fourth-order valence-corrected chi connectivity index (χ4v) is 2.25. The first-order valence-electron chi connectivity index (χ1n) is 6.42. The van der Waals surface area contributed by atoms with Gasteiger partial charge in [0.05, 0.1) is 27.9 Å². The molecule has 5 nitrogen and oxygen atoms in total. The minimum absolute atomic E-state index is 0.330. The number of anilines is 1. The molecular formula is C14H21NO4. The number of benzene rings is 1. The van der Waals surface area contributed by atoms with Crippen LogP contribution in [0.2, 0.25) is 0 Å². The van der Waals surface area contributed by atoms with Crippen molar-refractivity contribution in [2.75, 3.05) is 39.9 Å². The van der Waals surface area contributed by atoms with Crippen molar-refractivity contribution in [2.24, 2.45) is 0 Å². The van der Waals surface area contributed by atoms with Crippen LogP contribution in [0.3, 0.4) is 0 Å². The molecule has 1 aromatic carbocycles. The summed E-state index contributed by atoms with van der Waals surface area (Å²) in [5.74, 6) is 1.91. The lowest BCUT2D eigenvalue weighted by Gasteiger charge is -2.25. The van der Waals surface area contributed by atoms with Crippen LogP contribution >= 0.6 is 0 Å². The van der Waals surface area contributed by atoms with Crippen molar-refractivity contribution >= 4 is 5.69 Å². The summed E-state index contributed by atoms with van der Waals surface area (Å²) in [6.45, 7) is 1.59. The van der Waals surface area contributed by atoms with Gasteiger partial charge < -0.3 is 24.3 Å². The maximum Gasteiger partial charge on any atom is 0.203 e. The summed E-state index contributed by atoms with van der Waals surface area (Å²) in [4.78, 5) is 0.